The maximum atomic E-state index is 13.0. The van der Waals surface area contributed by atoms with Crippen LogP contribution in [0.5, 0.6) is 0 Å². The highest BCUT2D eigenvalue weighted by atomic mass is 19.1. The van der Waals surface area contributed by atoms with Crippen molar-refractivity contribution < 1.29 is 4.39 Å². The lowest BCUT2D eigenvalue weighted by Crippen LogP contribution is -1.98. The van der Waals surface area contributed by atoms with Gasteiger partial charge in [0.25, 0.3) is 0 Å². The van der Waals surface area contributed by atoms with Crippen LogP contribution in [0.3, 0.4) is 0 Å². The van der Waals surface area contributed by atoms with Crippen molar-refractivity contribution in [1.82, 2.24) is 9.55 Å². The highest BCUT2D eigenvalue weighted by Crippen LogP contribution is 2.27. The van der Waals surface area contributed by atoms with E-state index in [0.29, 0.717) is 18.1 Å². The molecule has 4 nitrogen and oxygen atoms in total. The number of imidazole rings is 1. The minimum Gasteiger partial charge on any atom is -0.398 e. The Morgan fingerprint density at radius 3 is 2.50 bits per heavy atom. The van der Waals surface area contributed by atoms with Gasteiger partial charge in [-0.15, -0.1) is 0 Å². The van der Waals surface area contributed by atoms with Crippen LogP contribution in [0.2, 0.25) is 0 Å². The predicted octanol–water partition coefficient (Wildman–Crippen LogP) is 2.47. The minimum absolute atomic E-state index is 0.248. The molecule has 4 N–H and O–H groups in total. The number of fused-ring (bicyclic) bond motifs is 1. The number of aryl methyl sites for hydroxylation is 1. The smallest absolute Gasteiger partial charge is 0.200 e. The van der Waals surface area contributed by atoms with Gasteiger partial charge >= 0.3 is 0 Å². The molecule has 3 aromatic rings. The molecule has 5 heteroatoms. The van der Waals surface area contributed by atoms with Crippen LogP contribution in [0.15, 0.2) is 36.4 Å². The van der Waals surface area contributed by atoms with Crippen molar-refractivity contribution in [2.75, 3.05) is 11.5 Å². The number of nitrogens with two attached hydrogens (primary N) is 2. The Balaban J connectivity index is 2.12. The maximum Gasteiger partial charge on any atom is 0.200 e. The fourth-order valence-corrected chi connectivity index (χ4v) is 2.34. The summed E-state index contributed by atoms with van der Waals surface area (Å²) in [5.41, 5.74) is 16.2. The van der Waals surface area contributed by atoms with Crippen molar-refractivity contribution >= 4 is 22.7 Å². The van der Waals surface area contributed by atoms with Gasteiger partial charge in [-0.05, 0) is 29.8 Å². The molecule has 0 saturated carbocycles. The third-order valence-electron chi connectivity index (χ3n) is 3.52. The zero-order valence-corrected chi connectivity index (χ0v) is 11.1. The van der Waals surface area contributed by atoms with Crippen LogP contribution in [0.25, 0.3) is 11.0 Å². The molecule has 0 aliphatic heterocycles. The first-order valence-electron chi connectivity index (χ1n) is 6.30. The summed E-state index contributed by atoms with van der Waals surface area (Å²) in [7, 11) is 1.86. The van der Waals surface area contributed by atoms with Crippen molar-refractivity contribution in [3.8, 4) is 0 Å². The van der Waals surface area contributed by atoms with E-state index in [1.165, 1.54) is 12.1 Å². The Labute approximate surface area is 115 Å². The average Bonchev–Trinajstić information content (AvgIpc) is 2.72. The molecule has 20 heavy (non-hydrogen) atoms. The van der Waals surface area contributed by atoms with Gasteiger partial charge in [0.05, 0.1) is 11.0 Å². The lowest BCUT2D eigenvalue weighted by atomic mass is 10.0. The van der Waals surface area contributed by atoms with E-state index in [2.05, 4.69) is 4.98 Å². The summed E-state index contributed by atoms with van der Waals surface area (Å²) in [6.45, 7) is 0. The zero-order chi connectivity index (χ0) is 14.3. The number of rotatable bonds is 2. The number of hydrogen-bond donors (Lipinski definition) is 2. The van der Waals surface area contributed by atoms with Crippen molar-refractivity contribution in [1.29, 1.82) is 0 Å². The maximum absolute atomic E-state index is 13.0. The molecule has 0 unspecified atom stereocenters. The van der Waals surface area contributed by atoms with Crippen LogP contribution in [0.4, 0.5) is 16.0 Å². The first-order chi connectivity index (χ1) is 9.56. The van der Waals surface area contributed by atoms with Crippen LogP contribution in [-0.4, -0.2) is 9.55 Å². The van der Waals surface area contributed by atoms with Crippen LogP contribution in [0.1, 0.15) is 11.1 Å². The average molecular weight is 270 g/mol. The molecule has 0 amide bonds. The molecule has 0 saturated heterocycles. The summed E-state index contributed by atoms with van der Waals surface area (Å²) >= 11 is 0. The molecule has 0 atom stereocenters. The standard InChI is InChI=1S/C15H15FN4/c1-20-13-7-6-12(17)11(14(13)19-15(20)18)8-9-2-4-10(16)5-3-9/h2-7H,8,17H2,1H3,(H2,18,19). The van der Waals surface area contributed by atoms with Gasteiger partial charge in [0.15, 0.2) is 0 Å². The van der Waals surface area contributed by atoms with E-state index < -0.39 is 0 Å². The second-order valence-corrected chi connectivity index (χ2v) is 4.83. The highest BCUT2D eigenvalue weighted by Gasteiger charge is 2.12. The van der Waals surface area contributed by atoms with Gasteiger partial charge in [0.2, 0.25) is 5.95 Å². The van der Waals surface area contributed by atoms with Crippen molar-refractivity contribution in [2.24, 2.45) is 7.05 Å². The Kier molecular flexibility index (Phi) is 2.82. The fraction of sp³-hybridized carbons (Fsp3) is 0.133. The number of hydrogen-bond acceptors (Lipinski definition) is 3. The number of anilines is 2. The third-order valence-corrected chi connectivity index (χ3v) is 3.52. The van der Waals surface area contributed by atoms with Gasteiger partial charge in [-0.2, -0.15) is 0 Å². The lowest BCUT2D eigenvalue weighted by molar-refractivity contribution is 0.627. The van der Waals surface area contributed by atoms with Gasteiger partial charge in [0, 0.05) is 24.7 Å². The molecule has 2 aromatic carbocycles. The molecule has 0 fully saturated rings. The van der Waals surface area contributed by atoms with E-state index in [1.54, 1.807) is 12.1 Å². The molecule has 0 bridgehead atoms. The fourth-order valence-electron chi connectivity index (χ4n) is 2.34. The topological polar surface area (TPSA) is 69.9 Å². The Morgan fingerprint density at radius 1 is 1.10 bits per heavy atom. The van der Waals surface area contributed by atoms with E-state index in [4.69, 9.17) is 11.5 Å². The van der Waals surface area contributed by atoms with Crippen LogP contribution in [0, 0.1) is 5.82 Å². The van der Waals surface area contributed by atoms with Crippen LogP contribution < -0.4 is 11.5 Å². The molecule has 1 aromatic heterocycles. The number of nitrogens with zero attached hydrogens (tertiary/aromatic N) is 2. The molecule has 3 rings (SSSR count). The quantitative estimate of drug-likeness (QED) is 0.703. The third kappa shape index (κ3) is 1.97. The van der Waals surface area contributed by atoms with Crippen LogP contribution >= 0.6 is 0 Å². The first-order valence-corrected chi connectivity index (χ1v) is 6.30. The monoisotopic (exact) mass is 270 g/mol. The number of benzene rings is 2. The number of halogens is 1. The van der Waals surface area contributed by atoms with Gasteiger partial charge < -0.3 is 16.0 Å². The summed E-state index contributed by atoms with van der Waals surface area (Å²) in [6.07, 6.45) is 0.597. The number of aromatic nitrogens is 2. The molecular weight excluding hydrogens is 255 g/mol. The first kappa shape index (κ1) is 12.5. The SMILES string of the molecule is Cn1c(N)nc2c(Cc3ccc(F)cc3)c(N)ccc21. The summed E-state index contributed by atoms with van der Waals surface area (Å²) in [5.74, 6) is 0.202. The number of nitrogen functional groups attached to an aromatic ring is 2. The Morgan fingerprint density at radius 2 is 1.80 bits per heavy atom. The van der Waals surface area contributed by atoms with Crippen LogP contribution in [-0.2, 0) is 13.5 Å². The normalized spacial score (nSPS) is 11.1. The summed E-state index contributed by atoms with van der Waals surface area (Å²) in [6, 6.07) is 10.1. The second kappa shape index (κ2) is 4.52. The van der Waals surface area contributed by atoms with Gasteiger partial charge in [0.1, 0.15) is 5.82 Å². The second-order valence-electron chi connectivity index (χ2n) is 4.83. The molecule has 1 heterocycles. The molecule has 0 aliphatic rings. The molecule has 102 valence electrons. The minimum atomic E-state index is -0.248. The molecular formula is C15H15FN4. The van der Waals surface area contributed by atoms with Gasteiger partial charge in [-0.3, -0.25) is 0 Å². The van der Waals surface area contributed by atoms with E-state index in [-0.39, 0.29) is 5.82 Å². The Hall–Kier alpha value is -2.56. The summed E-state index contributed by atoms with van der Waals surface area (Å²) < 4.78 is 14.8. The Bertz CT molecular complexity index is 775. The van der Waals surface area contributed by atoms with E-state index >= 15 is 0 Å². The van der Waals surface area contributed by atoms with Gasteiger partial charge in [-0.1, -0.05) is 12.1 Å². The summed E-state index contributed by atoms with van der Waals surface area (Å²) in [4.78, 5) is 4.37. The molecule has 0 spiro atoms. The van der Waals surface area contributed by atoms with E-state index in [0.717, 1.165) is 22.2 Å². The van der Waals surface area contributed by atoms with E-state index in [9.17, 15) is 4.39 Å². The summed E-state index contributed by atoms with van der Waals surface area (Å²) in [5, 5.41) is 0. The molecule has 0 radical (unpaired) electrons. The van der Waals surface area contributed by atoms with Gasteiger partial charge in [-0.25, -0.2) is 9.37 Å². The van der Waals surface area contributed by atoms with E-state index in [1.807, 2.05) is 23.7 Å². The molecule has 0 aliphatic carbocycles. The zero-order valence-electron chi connectivity index (χ0n) is 11.1. The lowest BCUT2D eigenvalue weighted by Gasteiger charge is -2.07. The van der Waals surface area contributed by atoms with Crippen molar-refractivity contribution in [3.63, 3.8) is 0 Å². The van der Waals surface area contributed by atoms with Crippen molar-refractivity contribution in [2.45, 2.75) is 6.42 Å². The highest BCUT2D eigenvalue weighted by molar-refractivity contribution is 5.86. The largest absolute Gasteiger partial charge is 0.398 e. The predicted molar refractivity (Wildman–Crippen MR) is 78.7 cm³/mol. The van der Waals surface area contributed by atoms with Crippen molar-refractivity contribution in [3.05, 3.63) is 53.3 Å².